The second-order valence-corrected chi connectivity index (χ2v) is 4.40. The Hall–Kier alpha value is -0.770. The van der Waals surface area contributed by atoms with Gasteiger partial charge in [-0.1, -0.05) is 6.42 Å². The summed E-state index contributed by atoms with van der Waals surface area (Å²) in [5.41, 5.74) is 5.72. The van der Waals surface area contributed by atoms with Crippen LogP contribution in [0.25, 0.3) is 0 Å². The zero-order valence-electron chi connectivity index (χ0n) is 10.1. The molecular formula is C11H23N3O. The molecule has 0 heterocycles. The van der Waals surface area contributed by atoms with E-state index in [1.54, 1.807) is 4.90 Å². The third kappa shape index (κ3) is 2.62. The van der Waals surface area contributed by atoms with Crippen LogP contribution in [0.1, 0.15) is 26.2 Å². The molecule has 2 amide bonds. The Morgan fingerprint density at radius 1 is 1.40 bits per heavy atom. The third-order valence-corrected chi connectivity index (χ3v) is 3.52. The predicted molar refractivity (Wildman–Crippen MR) is 61.6 cm³/mol. The number of urea groups is 1. The van der Waals surface area contributed by atoms with Crippen LogP contribution >= 0.6 is 0 Å². The van der Waals surface area contributed by atoms with E-state index in [2.05, 4.69) is 0 Å². The van der Waals surface area contributed by atoms with Crippen molar-refractivity contribution < 1.29 is 4.79 Å². The van der Waals surface area contributed by atoms with E-state index in [0.29, 0.717) is 18.5 Å². The molecule has 1 aliphatic carbocycles. The summed E-state index contributed by atoms with van der Waals surface area (Å²) in [6.45, 7) is 3.43. The molecule has 0 aliphatic heterocycles. The SMILES string of the molecule is CCN(C)C(=O)N(C)C1CCCC1CN. The minimum absolute atomic E-state index is 0.114. The molecule has 1 aliphatic rings. The maximum absolute atomic E-state index is 11.9. The Kier molecular flexibility index (Phi) is 4.39. The topological polar surface area (TPSA) is 49.6 Å². The van der Waals surface area contributed by atoms with Crippen molar-refractivity contribution in [2.45, 2.75) is 32.2 Å². The third-order valence-electron chi connectivity index (χ3n) is 3.52. The number of rotatable bonds is 3. The first-order valence-corrected chi connectivity index (χ1v) is 5.79. The van der Waals surface area contributed by atoms with E-state index in [1.807, 2.05) is 25.9 Å². The molecule has 2 unspecified atom stereocenters. The summed E-state index contributed by atoms with van der Waals surface area (Å²) in [6, 6.07) is 0.458. The molecule has 0 radical (unpaired) electrons. The van der Waals surface area contributed by atoms with Gasteiger partial charge >= 0.3 is 6.03 Å². The van der Waals surface area contributed by atoms with Crippen LogP contribution in [-0.4, -0.2) is 49.1 Å². The summed E-state index contributed by atoms with van der Waals surface area (Å²) < 4.78 is 0. The van der Waals surface area contributed by atoms with Gasteiger partial charge in [0.15, 0.2) is 0 Å². The zero-order chi connectivity index (χ0) is 11.4. The zero-order valence-corrected chi connectivity index (χ0v) is 10.1. The van der Waals surface area contributed by atoms with Crippen molar-refractivity contribution >= 4 is 6.03 Å². The van der Waals surface area contributed by atoms with E-state index in [1.165, 1.54) is 6.42 Å². The van der Waals surface area contributed by atoms with Gasteiger partial charge in [-0.25, -0.2) is 4.79 Å². The maximum Gasteiger partial charge on any atom is 0.319 e. The van der Waals surface area contributed by atoms with Crippen LogP contribution in [0.15, 0.2) is 0 Å². The van der Waals surface area contributed by atoms with E-state index >= 15 is 0 Å². The average Bonchev–Trinajstić information content (AvgIpc) is 2.73. The minimum Gasteiger partial charge on any atom is -0.330 e. The summed E-state index contributed by atoms with van der Waals surface area (Å²) >= 11 is 0. The Bertz CT molecular complexity index is 220. The lowest BCUT2D eigenvalue weighted by atomic mass is 10.0. The van der Waals surface area contributed by atoms with Gasteiger partial charge in [-0.3, -0.25) is 0 Å². The van der Waals surface area contributed by atoms with Crippen LogP contribution in [0.3, 0.4) is 0 Å². The first kappa shape index (κ1) is 12.3. The van der Waals surface area contributed by atoms with Crippen LogP contribution in [-0.2, 0) is 0 Å². The molecule has 4 heteroatoms. The Morgan fingerprint density at radius 3 is 2.60 bits per heavy atom. The van der Waals surface area contributed by atoms with Gasteiger partial charge in [0.1, 0.15) is 0 Å². The van der Waals surface area contributed by atoms with Gasteiger partial charge in [0.05, 0.1) is 0 Å². The van der Waals surface area contributed by atoms with Crippen molar-refractivity contribution in [1.82, 2.24) is 9.80 Å². The summed E-state index contributed by atoms with van der Waals surface area (Å²) in [6.07, 6.45) is 3.45. The summed E-state index contributed by atoms with van der Waals surface area (Å²) in [5.74, 6) is 0.490. The molecule has 4 nitrogen and oxygen atoms in total. The fourth-order valence-corrected chi connectivity index (χ4v) is 2.35. The Labute approximate surface area is 92.4 Å². The van der Waals surface area contributed by atoms with Crippen molar-refractivity contribution in [3.8, 4) is 0 Å². The molecule has 0 saturated heterocycles. The molecule has 2 N–H and O–H groups in total. The Morgan fingerprint density at radius 2 is 2.07 bits per heavy atom. The van der Waals surface area contributed by atoms with Crippen LogP contribution in [0.2, 0.25) is 0 Å². The summed E-state index contributed by atoms with van der Waals surface area (Å²) in [7, 11) is 3.73. The molecule has 1 fully saturated rings. The van der Waals surface area contributed by atoms with Crippen LogP contribution in [0.5, 0.6) is 0 Å². The molecular weight excluding hydrogens is 190 g/mol. The lowest BCUT2D eigenvalue weighted by molar-refractivity contribution is 0.147. The van der Waals surface area contributed by atoms with Crippen LogP contribution in [0.4, 0.5) is 4.79 Å². The van der Waals surface area contributed by atoms with E-state index in [9.17, 15) is 4.79 Å². The number of hydrogen-bond donors (Lipinski definition) is 1. The smallest absolute Gasteiger partial charge is 0.319 e. The molecule has 2 atom stereocenters. The molecule has 0 aromatic carbocycles. The van der Waals surface area contributed by atoms with E-state index in [-0.39, 0.29) is 6.03 Å². The van der Waals surface area contributed by atoms with Crippen molar-refractivity contribution in [2.75, 3.05) is 27.2 Å². The number of nitrogens with two attached hydrogens (primary N) is 1. The van der Waals surface area contributed by atoms with E-state index < -0.39 is 0 Å². The highest BCUT2D eigenvalue weighted by Gasteiger charge is 2.32. The number of carbonyl (C=O) groups is 1. The first-order chi connectivity index (χ1) is 7.11. The molecule has 1 rings (SSSR count). The van der Waals surface area contributed by atoms with Crippen LogP contribution < -0.4 is 5.73 Å². The largest absolute Gasteiger partial charge is 0.330 e. The molecule has 1 saturated carbocycles. The highest BCUT2D eigenvalue weighted by Crippen LogP contribution is 2.28. The summed E-state index contributed by atoms with van der Waals surface area (Å²) in [4.78, 5) is 15.5. The number of amides is 2. The number of nitrogens with zero attached hydrogens (tertiary/aromatic N) is 2. The maximum atomic E-state index is 11.9. The second-order valence-electron chi connectivity index (χ2n) is 4.40. The highest BCUT2D eigenvalue weighted by atomic mass is 16.2. The lowest BCUT2D eigenvalue weighted by Gasteiger charge is -2.32. The fraction of sp³-hybridized carbons (Fsp3) is 0.909. The molecule has 0 spiro atoms. The highest BCUT2D eigenvalue weighted by molar-refractivity contribution is 5.74. The van der Waals surface area contributed by atoms with Crippen molar-refractivity contribution in [3.63, 3.8) is 0 Å². The summed E-state index contributed by atoms with van der Waals surface area (Å²) in [5, 5.41) is 0. The van der Waals surface area contributed by atoms with Gasteiger partial charge in [0.2, 0.25) is 0 Å². The monoisotopic (exact) mass is 213 g/mol. The van der Waals surface area contributed by atoms with E-state index in [4.69, 9.17) is 5.73 Å². The molecule has 15 heavy (non-hydrogen) atoms. The predicted octanol–water partition coefficient (Wildman–Crippen LogP) is 1.12. The van der Waals surface area contributed by atoms with Gasteiger partial charge in [0, 0.05) is 26.7 Å². The lowest BCUT2D eigenvalue weighted by Crippen LogP contribution is -2.46. The van der Waals surface area contributed by atoms with Gasteiger partial charge in [-0.2, -0.15) is 0 Å². The van der Waals surface area contributed by atoms with Gasteiger partial charge in [-0.05, 0) is 32.2 Å². The first-order valence-electron chi connectivity index (χ1n) is 5.79. The van der Waals surface area contributed by atoms with Gasteiger partial charge in [-0.15, -0.1) is 0 Å². The molecule has 0 aromatic rings. The quantitative estimate of drug-likeness (QED) is 0.763. The van der Waals surface area contributed by atoms with Crippen molar-refractivity contribution in [1.29, 1.82) is 0 Å². The molecule has 88 valence electrons. The number of carbonyl (C=O) groups excluding carboxylic acids is 1. The Balaban J connectivity index is 2.58. The van der Waals surface area contributed by atoms with Gasteiger partial charge in [0.25, 0.3) is 0 Å². The average molecular weight is 213 g/mol. The van der Waals surface area contributed by atoms with Crippen LogP contribution in [0, 0.1) is 5.92 Å². The van der Waals surface area contributed by atoms with E-state index in [0.717, 1.165) is 19.4 Å². The molecule has 0 aromatic heterocycles. The fourth-order valence-electron chi connectivity index (χ4n) is 2.35. The number of hydrogen-bond acceptors (Lipinski definition) is 2. The molecule has 0 bridgehead atoms. The van der Waals surface area contributed by atoms with Gasteiger partial charge < -0.3 is 15.5 Å². The van der Waals surface area contributed by atoms with Crippen molar-refractivity contribution in [3.05, 3.63) is 0 Å². The minimum atomic E-state index is 0.114. The standard InChI is InChI=1S/C11H23N3O/c1-4-13(2)11(15)14(3)10-7-5-6-9(10)8-12/h9-10H,4-8,12H2,1-3H3. The normalized spacial score (nSPS) is 25.3. The van der Waals surface area contributed by atoms with Crippen molar-refractivity contribution in [2.24, 2.45) is 11.7 Å². The second kappa shape index (κ2) is 5.35.